The van der Waals surface area contributed by atoms with Crippen molar-refractivity contribution in [3.8, 4) is 23.0 Å². The van der Waals surface area contributed by atoms with Crippen LogP contribution in [-0.2, 0) is 30.6 Å². The first-order valence-corrected chi connectivity index (χ1v) is 13.0. The number of carboxylic acid groups (broad SMARTS) is 1. The Bertz CT molecular complexity index is 1460. The van der Waals surface area contributed by atoms with Gasteiger partial charge in [0.1, 0.15) is 23.8 Å². The predicted molar refractivity (Wildman–Crippen MR) is 145 cm³/mol. The Morgan fingerprint density at radius 1 is 0.974 bits per heavy atom. The summed E-state index contributed by atoms with van der Waals surface area (Å²) >= 11 is 0. The molecule has 4 aromatic rings. The molecule has 1 aromatic heterocycles. The summed E-state index contributed by atoms with van der Waals surface area (Å²) in [6.07, 6.45) is 2.92. The van der Waals surface area contributed by atoms with Crippen LogP contribution in [0.2, 0.25) is 0 Å². The summed E-state index contributed by atoms with van der Waals surface area (Å²) in [6, 6.07) is 22.6. The molecule has 0 radical (unpaired) electrons. The molecule has 0 bridgehead atoms. The molecule has 0 atom stereocenters. The monoisotopic (exact) mass is 526 g/mol. The highest BCUT2D eigenvalue weighted by Crippen LogP contribution is 2.27. The number of aromatic nitrogens is 1. The van der Waals surface area contributed by atoms with Crippen LogP contribution in [0.25, 0.3) is 11.5 Å². The normalized spacial score (nSPS) is 12.1. The Morgan fingerprint density at radius 3 is 2.62 bits per heavy atom. The first kappa shape index (κ1) is 26.0. The lowest BCUT2D eigenvalue weighted by Gasteiger charge is -2.21. The van der Waals surface area contributed by atoms with E-state index in [1.807, 2.05) is 67.6 Å². The van der Waals surface area contributed by atoms with Gasteiger partial charge in [-0.05, 0) is 79.3 Å². The van der Waals surface area contributed by atoms with Crippen molar-refractivity contribution in [2.45, 2.75) is 39.2 Å². The average molecular weight is 527 g/mol. The van der Waals surface area contributed by atoms with Crippen molar-refractivity contribution in [1.29, 1.82) is 0 Å². The van der Waals surface area contributed by atoms with Crippen LogP contribution in [0.1, 0.15) is 34.6 Å². The molecule has 5 rings (SSSR count). The molecule has 1 heterocycles. The third kappa shape index (κ3) is 6.65. The third-order valence-electron chi connectivity index (χ3n) is 6.65. The van der Waals surface area contributed by atoms with Crippen LogP contribution in [0.5, 0.6) is 11.5 Å². The Balaban J connectivity index is 1.20. The van der Waals surface area contributed by atoms with Gasteiger partial charge in [-0.3, -0.25) is 9.69 Å². The minimum Gasteiger partial charge on any atom is -0.493 e. The van der Waals surface area contributed by atoms with Gasteiger partial charge in [0, 0.05) is 18.5 Å². The molecule has 0 fully saturated rings. The molecular formula is C31H30N2O6. The number of carbonyl (C=O) groups excluding carboxylic acids is 1. The van der Waals surface area contributed by atoms with Crippen molar-refractivity contribution < 1.29 is 28.6 Å². The van der Waals surface area contributed by atoms with Gasteiger partial charge in [0.25, 0.3) is 0 Å². The van der Waals surface area contributed by atoms with Crippen LogP contribution in [0.15, 0.2) is 77.2 Å². The SMILES string of the molecule is Cc1oc(-c2ccccc2)nc1CCOc1cccc(CN(CC(=O)O)C(=O)Oc2ccc3c(c2)CCC3)c1. The highest BCUT2D eigenvalue weighted by atomic mass is 16.6. The van der Waals surface area contributed by atoms with E-state index < -0.39 is 18.6 Å². The van der Waals surface area contributed by atoms with Gasteiger partial charge in [0.15, 0.2) is 0 Å². The number of aliphatic carboxylic acids is 1. The number of carbonyl (C=O) groups is 2. The molecule has 39 heavy (non-hydrogen) atoms. The van der Waals surface area contributed by atoms with E-state index in [-0.39, 0.29) is 6.54 Å². The number of oxazole rings is 1. The molecule has 0 unspecified atom stereocenters. The maximum Gasteiger partial charge on any atom is 0.416 e. The first-order valence-electron chi connectivity index (χ1n) is 13.0. The molecule has 0 aliphatic heterocycles. The molecule has 1 amide bonds. The smallest absolute Gasteiger partial charge is 0.416 e. The average Bonchev–Trinajstić information content (AvgIpc) is 3.55. The summed E-state index contributed by atoms with van der Waals surface area (Å²) in [5.41, 5.74) is 4.91. The van der Waals surface area contributed by atoms with Crippen molar-refractivity contribution >= 4 is 12.1 Å². The number of aryl methyl sites for hydroxylation is 3. The maximum atomic E-state index is 12.9. The summed E-state index contributed by atoms with van der Waals surface area (Å²) in [7, 11) is 0. The summed E-state index contributed by atoms with van der Waals surface area (Å²) < 4.78 is 17.3. The molecule has 200 valence electrons. The summed E-state index contributed by atoms with van der Waals surface area (Å²) in [5.74, 6) is 1.24. The molecule has 1 aliphatic rings. The molecule has 0 spiro atoms. The molecule has 0 saturated carbocycles. The van der Waals surface area contributed by atoms with E-state index in [2.05, 4.69) is 4.98 Å². The number of ether oxygens (including phenoxy) is 2. The van der Waals surface area contributed by atoms with Crippen molar-refractivity contribution in [2.75, 3.05) is 13.2 Å². The van der Waals surface area contributed by atoms with Gasteiger partial charge in [0.2, 0.25) is 5.89 Å². The van der Waals surface area contributed by atoms with Crippen LogP contribution in [0.3, 0.4) is 0 Å². The Morgan fingerprint density at radius 2 is 1.79 bits per heavy atom. The van der Waals surface area contributed by atoms with Crippen molar-refractivity contribution in [3.05, 3.63) is 101 Å². The second kappa shape index (κ2) is 11.9. The molecule has 8 nitrogen and oxygen atoms in total. The van der Waals surface area contributed by atoms with Gasteiger partial charge >= 0.3 is 12.1 Å². The number of fused-ring (bicyclic) bond motifs is 1. The van der Waals surface area contributed by atoms with E-state index >= 15 is 0 Å². The standard InChI is InChI=1S/C31H30N2O6/c1-21-28(32-30(38-21)24-8-3-2-4-9-24)15-16-37-26-12-5-7-22(17-26)19-33(20-29(34)35)31(36)39-27-14-13-23-10-6-11-25(23)18-27/h2-5,7-9,12-14,17-18H,6,10-11,15-16,19-20H2,1H3,(H,34,35). The van der Waals surface area contributed by atoms with E-state index in [0.29, 0.717) is 30.4 Å². The zero-order chi connectivity index (χ0) is 27.2. The topological polar surface area (TPSA) is 102 Å². The number of hydrogen-bond acceptors (Lipinski definition) is 6. The number of benzene rings is 3. The van der Waals surface area contributed by atoms with Crippen LogP contribution in [-0.4, -0.2) is 40.2 Å². The number of nitrogens with zero attached hydrogens (tertiary/aromatic N) is 2. The fourth-order valence-corrected chi connectivity index (χ4v) is 4.71. The van der Waals surface area contributed by atoms with E-state index in [4.69, 9.17) is 13.9 Å². The Hall–Kier alpha value is -4.59. The molecular weight excluding hydrogens is 496 g/mol. The van der Waals surface area contributed by atoms with Crippen molar-refractivity contribution in [1.82, 2.24) is 9.88 Å². The van der Waals surface area contributed by atoms with Gasteiger partial charge in [-0.1, -0.05) is 36.4 Å². The fraction of sp³-hybridized carbons (Fsp3) is 0.258. The second-order valence-corrected chi connectivity index (χ2v) is 9.54. The lowest BCUT2D eigenvalue weighted by Crippen LogP contribution is -2.37. The zero-order valence-corrected chi connectivity index (χ0v) is 21.8. The lowest BCUT2D eigenvalue weighted by molar-refractivity contribution is -0.138. The second-order valence-electron chi connectivity index (χ2n) is 9.54. The van der Waals surface area contributed by atoms with E-state index in [1.54, 1.807) is 12.1 Å². The molecule has 3 aromatic carbocycles. The quantitative estimate of drug-likeness (QED) is 0.277. The van der Waals surface area contributed by atoms with E-state index in [9.17, 15) is 14.7 Å². The van der Waals surface area contributed by atoms with E-state index in [1.165, 1.54) is 16.0 Å². The van der Waals surface area contributed by atoms with Crippen molar-refractivity contribution in [2.24, 2.45) is 0 Å². The number of carboxylic acids is 1. The van der Waals surface area contributed by atoms with Gasteiger partial charge in [-0.2, -0.15) is 0 Å². The largest absolute Gasteiger partial charge is 0.493 e. The summed E-state index contributed by atoms with van der Waals surface area (Å²) in [6.45, 7) is 1.85. The van der Waals surface area contributed by atoms with Crippen LogP contribution in [0.4, 0.5) is 4.79 Å². The van der Waals surface area contributed by atoms with Gasteiger partial charge < -0.3 is 19.0 Å². The minimum absolute atomic E-state index is 0.0656. The number of amides is 1. The molecule has 8 heteroatoms. The molecule has 1 N–H and O–H groups in total. The lowest BCUT2D eigenvalue weighted by atomic mass is 10.1. The Kier molecular flexibility index (Phi) is 7.91. The third-order valence-corrected chi connectivity index (χ3v) is 6.65. The van der Waals surface area contributed by atoms with Crippen LogP contribution >= 0.6 is 0 Å². The fourth-order valence-electron chi connectivity index (χ4n) is 4.71. The van der Waals surface area contributed by atoms with Gasteiger partial charge in [-0.15, -0.1) is 0 Å². The number of rotatable bonds is 10. The van der Waals surface area contributed by atoms with Crippen LogP contribution < -0.4 is 9.47 Å². The van der Waals surface area contributed by atoms with Gasteiger partial charge in [-0.25, -0.2) is 9.78 Å². The molecule has 0 saturated heterocycles. The predicted octanol–water partition coefficient (Wildman–Crippen LogP) is 5.85. The zero-order valence-electron chi connectivity index (χ0n) is 21.8. The first-order chi connectivity index (χ1) is 18.9. The summed E-state index contributed by atoms with van der Waals surface area (Å²) in [4.78, 5) is 30.2. The highest BCUT2D eigenvalue weighted by molar-refractivity contribution is 5.78. The number of hydrogen-bond donors (Lipinski definition) is 1. The highest BCUT2D eigenvalue weighted by Gasteiger charge is 2.21. The molecule has 1 aliphatic carbocycles. The van der Waals surface area contributed by atoms with E-state index in [0.717, 1.165) is 41.8 Å². The Labute approximate surface area is 226 Å². The summed E-state index contributed by atoms with van der Waals surface area (Å²) in [5, 5.41) is 9.39. The van der Waals surface area contributed by atoms with Crippen LogP contribution in [0, 0.1) is 6.92 Å². The minimum atomic E-state index is -1.12. The maximum absolute atomic E-state index is 12.9. The van der Waals surface area contributed by atoms with Gasteiger partial charge in [0.05, 0.1) is 12.3 Å². The van der Waals surface area contributed by atoms with Crippen molar-refractivity contribution in [3.63, 3.8) is 0 Å².